The lowest BCUT2D eigenvalue weighted by atomic mass is 9.93. The van der Waals surface area contributed by atoms with Crippen LogP contribution in [0.5, 0.6) is 0 Å². The number of benzene rings is 2. The molecule has 0 amide bonds. The summed E-state index contributed by atoms with van der Waals surface area (Å²) in [6.07, 6.45) is 1.10. The van der Waals surface area contributed by atoms with Crippen molar-refractivity contribution in [2.24, 2.45) is 0 Å². The number of fused-ring (bicyclic) bond motifs is 3. The van der Waals surface area contributed by atoms with Crippen LogP contribution in [0.3, 0.4) is 0 Å². The number of rotatable bonds is 1. The van der Waals surface area contributed by atoms with Gasteiger partial charge < -0.3 is 10.3 Å². The molecular formula is C19H19IN2. The Morgan fingerprint density at radius 1 is 1.14 bits per heavy atom. The molecule has 0 spiro atoms. The van der Waals surface area contributed by atoms with Crippen LogP contribution in [0.2, 0.25) is 0 Å². The van der Waals surface area contributed by atoms with Crippen LogP contribution < -0.4 is 5.32 Å². The summed E-state index contributed by atoms with van der Waals surface area (Å²) >= 11 is 2.44. The Balaban J connectivity index is 1.96. The Labute approximate surface area is 144 Å². The van der Waals surface area contributed by atoms with Crippen molar-refractivity contribution < 1.29 is 0 Å². The molecule has 1 unspecified atom stereocenters. The van der Waals surface area contributed by atoms with Crippen LogP contribution in [0.1, 0.15) is 34.0 Å². The van der Waals surface area contributed by atoms with Crippen LogP contribution >= 0.6 is 22.6 Å². The zero-order valence-corrected chi connectivity index (χ0v) is 15.0. The molecule has 0 saturated heterocycles. The Morgan fingerprint density at radius 2 is 1.95 bits per heavy atom. The molecule has 4 rings (SSSR count). The average Bonchev–Trinajstić information content (AvgIpc) is 2.86. The van der Waals surface area contributed by atoms with Gasteiger partial charge >= 0.3 is 0 Å². The van der Waals surface area contributed by atoms with Crippen molar-refractivity contribution in [3.8, 4) is 0 Å². The lowest BCUT2D eigenvalue weighted by Crippen LogP contribution is -2.31. The number of aryl methyl sites for hydroxylation is 2. The topological polar surface area (TPSA) is 27.8 Å². The molecule has 1 aliphatic rings. The first-order chi connectivity index (χ1) is 10.6. The van der Waals surface area contributed by atoms with E-state index in [2.05, 4.69) is 83.1 Å². The molecule has 2 aromatic carbocycles. The number of H-pyrrole nitrogens is 1. The van der Waals surface area contributed by atoms with Gasteiger partial charge in [-0.2, -0.15) is 0 Å². The minimum atomic E-state index is 0.268. The molecule has 3 aromatic rings. The van der Waals surface area contributed by atoms with Crippen molar-refractivity contribution in [1.29, 1.82) is 0 Å². The Morgan fingerprint density at radius 3 is 2.77 bits per heavy atom. The predicted octanol–water partition coefficient (Wildman–Crippen LogP) is 4.62. The first-order valence-electron chi connectivity index (χ1n) is 7.74. The van der Waals surface area contributed by atoms with Crippen molar-refractivity contribution in [2.45, 2.75) is 26.3 Å². The molecule has 0 saturated carbocycles. The van der Waals surface area contributed by atoms with E-state index in [1.165, 1.54) is 42.4 Å². The molecule has 2 nitrogen and oxygen atoms in total. The maximum atomic E-state index is 3.71. The first-order valence-corrected chi connectivity index (χ1v) is 8.82. The molecule has 2 N–H and O–H groups in total. The number of aromatic amines is 1. The van der Waals surface area contributed by atoms with Crippen LogP contribution in [0, 0.1) is 17.4 Å². The molecule has 0 bridgehead atoms. The zero-order chi connectivity index (χ0) is 15.3. The van der Waals surface area contributed by atoms with E-state index in [4.69, 9.17) is 0 Å². The van der Waals surface area contributed by atoms with Gasteiger partial charge in [0.15, 0.2) is 0 Å². The number of aromatic nitrogens is 1. The van der Waals surface area contributed by atoms with Crippen molar-refractivity contribution in [3.05, 3.63) is 67.9 Å². The summed E-state index contributed by atoms with van der Waals surface area (Å²) < 4.78 is 1.32. The number of nitrogens with one attached hydrogen (secondary N) is 2. The first kappa shape index (κ1) is 14.3. The lowest BCUT2D eigenvalue weighted by Gasteiger charge is -2.25. The van der Waals surface area contributed by atoms with Gasteiger partial charge in [0, 0.05) is 26.7 Å². The minimum Gasteiger partial charge on any atom is -0.357 e. The van der Waals surface area contributed by atoms with E-state index in [1.807, 2.05) is 0 Å². The maximum Gasteiger partial charge on any atom is 0.0742 e. The largest absolute Gasteiger partial charge is 0.357 e. The highest BCUT2D eigenvalue weighted by Gasteiger charge is 2.26. The quantitative estimate of drug-likeness (QED) is 0.571. The van der Waals surface area contributed by atoms with Crippen LogP contribution in [0.25, 0.3) is 10.9 Å². The summed E-state index contributed by atoms with van der Waals surface area (Å²) in [6.45, 7) is 5.43. The van der Waals surface area contributed by atoms with Gasteiger partial charge in [-0.15, -0.1) is 0 Å². The Hall–Kier alpha value is -1.33. The smallest absolute Gasteiger partial charge is 0.0742 e. The van der Waals surface area contributed by atoms with Gasteiger partial charge in [0.25, 0.3) is 0 Å². The molecule has 22 heavy (non-hydrogen) atoms. The molecule has 0 radical (unpaired) electrons. The lowest BCUT2D eigenvalue weighted by molar-refractivity contribution is 0.558. The van der Waals surface area contributed by atoms with E-state index in [0.717, 1.165) is 13.0 Å². The van der Waals surface area contributed by atoms with E-state index in [0.29, 0.717) is 0 Å². The normalized spacial score (nSPS) is 17.7. The second-order valence-corrected chi connectivity index (χ2v) is 7.34. The van der Waals surface area contributed by atoms with Crippen molar-refractivity contribution in [1.82, 2.24) is 10.3 Å². The van der Waals surface area contributed by atoms with Crippen molar-refractivity contribution in [3.63, 3.8) is 0 Å². The molecule has 1 atom stereocenters. The molecule has 112 valence electrons. The summed E-state index contributed by atoms with van der Waals surface area (Å²) in [6, 6.07) is 13.5. The molecule has 3 heteroatoms. The fourth-order valence-corrected chi connectivity index (χ4v) is 4.45. The van der Waals surface area contributed by atoms with Gasteiger partial charge in [0.05, 0.1) is 6.04 Å². The summed E-state index contributed by atoms with van der Waals surface area (Å²) in [5.74, 6) is 0. The third-order valence-electron chi connectivity index (χ3n) is 4.60. The highest BCUT2D eigenvalue weighted by molar-refractivity contribution is 14.1. The second-order valence-electron chi connectivity index (χ2n) is 6.18. The molecule has 0 fully saturated rings. The van der Waals surface area contributed by atoms with Gasteiger partial charge in [-0.3, -0.25) is 0 Å². The average molecular weight is 402 g/mol. The highest BCUT2D eigenvalue weighted by Crippen LogP contribution is 2.36. The standard InChI is InChI=1S/C19H19IN2/c1-11-9-12(2)17-14-7-8-21-18(19(14)22-16(17)10-11)13-5-3-4-6-15(13)20/h3-6,9-10,18,21-22H,7-8H2,1-2H3. The van der Waals surface area contributed by atoms with Gasteiger partial charge in [0.1, 0.15) is 0 Å². The van der Waals surface area contributed by atoms with E-state index in [-0.39, 0.29) is 6.04 Å². The monoisotopic (exact) mass is 402 g/mol. The molecule has 2 heterocycles. The maximum absolute atomic E-state index is 3.71. The SMILES string of the molecule is Cc1cc(C)c2c3c([nH]c2c1)C(c1ccccc1I)NCC3. The fourth-order valence-electron chi connectivity index (χ4n) is 3.75. The highest BCUT2D eigenvalue weighted by atomic mass is 127. The fraction of sp³-hybridized carbons (Fsp3) is 0.263. The molecule has 1 aromatic heterocycles. The summed E-state index contributed by atoms with van der Waals surface area (Å²) in [4.78, 5) is 3.71. The van der Waals surface area contributed by atoms with Crippen LogP contribution in [0.4, 0.5) is 0 Å². The Kier molecular flexibility index (Phi) is 3.50. The van der Waals surface area contributed by atoms with Gasteiger partial charge in [-0.1, -0.05) is 24.3 Å². The van der Waals surface area contributed by atoms with Gasteiger partial charge in [-0.05, 0) is 77.2 Å². The van der Waals surface area contributed by atoms with Crippen molar-refractivity contribution >= 4 is 33.5 Å². The summed E-state index contributed by atoms with van der Waals surface area (Å²) in [7, 11) is 0. The van der Waals surface area contributed by atoms with Gasteiger partial charge in [0.2, 0.25) is 0 Å². The number of hydrogen-bond donors (Lipinski definition) is 2. The summed E-state index contributed by atoms with van der Waals surface area (Å²) in [5.41, 5.74) is 8.19. The third kappa shape index (κ3) is 2.18. The molecular weight excluding hydrogens is 383 g/mol. The Bertz CT molecular complexity index is 863. The van der Waals surface area contributed by atoms with Crippen LogP contribution in [-0.4, -0.2) is 11.5 Å². The predicted molar refractivity (Wildman–Crippen MR) is 100 cm³/mol. The zero-order valence-electron chi connectivity index (χ0n) is 12.8. The van der Waals surface area contributed by atoms with Crippen LogP contribution in [0.15, 0.2) is 36.4 Å². The van der Waals surface area contributed by atoms with Gasteiger partial charge in [-0.25, -0.2) is 0 Å². The molecule has 1 aliphatic heterocycles. The van der Waals surface area contributed by atoms with E-state index in [9.17, 15) is 0 Å². The number of halogens is 1. The summed E-state index contributed by atoms with van der Waals surface area (Å²) in [5, 5.41) is 5.12. The van der Waals surface area contributed by atoms with E-state index >= 15 is 0 Å². The third-order valence-corrected chi connectivity index (χ3v) is 5.59. The second kappa shape index (κ2) is 5.39. The minimum absolute atomic E-state index is 0.268. The van der Waals surface area contributed by atoms with E-state index in [1.54, 1.807) is 0 Å². The molecule has 0 aliphatic carbocycles. The number of hydrogen-bond acceptors (Lipinski definition) is 1. The van der Waals surface area contributed by atoms with Crippen molar-refractivity contribution in [2.75, 3.05) is 6.54 Å². The van der Waals surface area contributed by atoms with Crippen LogP contribution in [-0.2, 0) is 6.42 Å². The van der Waals surface area contributed by atoms with E-state index < -0.39 is 0 Å².